The molecule has 82 valence electrons. The van der Waals surface area contributed by atoms with Gasteiger partial charge in [-0.1, -0.05) is 19.3 Å². The second kappa shape index (κ2) is 6.02. The van der Waals surface area contributed by atoms with Crippen LogP contribution >= 0.6 is 0 Å². The fraction of sp³-hybridized carbons (Fsp3) is 0.909. The van der Waals surface area contributed by atoms with Gasteiger partial charge in [-0.2, -0.15) is 0 Å². The maximum Gasteiger partial charge on any atom is 0.222 e. The number of carbonyl (C=O) groups is 1. The molecule has 0 radical (unpaired) electrons. The minimum atomic E-state index is 0.113. The molecule has 1 fully saturated rings. The molecule has 0 heterocycles. The number of aliphatic hydroxyl groups excluding tert-OH is 1. The lowest BCUT2D eigenvalue weighted by Crippen LogP contribution is -2.29. The smallest absolute Gasteiger partial charge is 0.222 e. The van der Waals surface area contributed by atoms with Crippen LogP contribution in [0.25, 0.3) is 0 Å². The Labute approximate surface area is 86.1 Å². The van der Waals surface area contributed by atoms with E-state index in [1.807, 2.05) is 7.05 Å². The summed E-state index contributed by atoms with van der Waals surface area (Å²) in [5, 5.41) is 8.59. The monoisotopic (exact) mass is 199 g/mol. The highest BCUT2D eigenvalue weighted by atomic mass is 16.3. The van der Waals surface area contributed by atoms with Crippen LogP contribution in [-0.2, 0) is 4.79 Å². The zero-order valence-electron chi connectivity index (χ0n) is 9.04. The van der Waals surface area contributed by atoms with Gasteiger partial charge in [0, 0.05) is 26.6 Å². The van der Waals surface area contributed by atoms with Gasteiger partial charge >= 0.3 is 0 Å². The molecule has 1 amide bonds. The van der Waals surface area contributed by atoms with Crippen molar-refractivity contribution in [1.82, 2.24) is 4.90 Å². The Hall–Kier alpha value is -0.570. The van der Waals surface area contributed by atoms with Gasteiger partial charge in [0.2, 0.25) is 5.91 Å². The molecule has 1 N–H and O–H groups in total. The Bertz CT molecular complexity index is 178. The van der Waals surface area contributed by atoms with Gasteiger partial charge in [-0.05, 0) is 18.8 Å². The van der Waals surface area contributed by atoms with E-state index in [0.29, 0.717) is 12.8 Å². The second-order valence-electron chi connectivity index (χ2n) is 4.23. The van der Waals surface area contributed by atoms with Gasteiger partial charge in [0.25, 0.3) is 0 Å². The Morgan fingerprint density at radius 1 is 1.50 bits per heavy atom. The third kappa shape index (κ3) is 3.66. The number of amides is 1. The fourth-order valence-electron chi connectivity index (χ4n) is 1.70. The zero-order valence-corrected chi connectivity index (χ0v) is 9.04. The van der Waals surface area contributed by atoms with Gasteiger partial charge in [-0.3, -0.25) is 4.79 Å². The molecular formula is C11H21NO2. The molecule has 0 saturated heterocycles. The highest BCUT2D eigenvalue weighted by Gasteiger charge is 2.18. The first kappa shape index (κ1) is 11.5. The Kier molecular flexibility index (Phi) is 4.94. The molecule has 0 aromatic rings. The lowest BCUT2D eigenvalue weighted by molar-refractivity contribution is -0.130. The first-order valence-electron chi connectivity index (χ1n) is 5.59. The maximum atomic E-state index is 11.4. The standard InChI is InChI=1S/C11H21NO2/c1-12(11(14)6-3-9-13)8-7-10-4-2-5-10/h10,13H,2-9H2,1H3. The molecule has 1 aliphatic carbocycles. The molecule has 0 unspecified atom stereocenters. The molecule has 0 spiro atoms. The summed E-state index contributed by atoms with van der Waals surface area (Å²) in [4.78, 5) is 13.2. The van der Waals surface area contributed by atoms with E-state index in [1.165, 1.54) is 19.3 Å². The van der Waals surface area contributed by atoms with E-state index in [4.69, 9.17) is 5.11 Å². The van der Waals surface area contributed by atoms with E-state index in [-0.39, 0.29) is 12.5 Å². The van der Waals surface area contributed by atoms with Crippen LogP contribution in [0.3, 0.4) is 0 Å². The quantitative estimate of drug-likeness (QED) is 0.702. The van der Waals surface area contributed by atoms with Crippen molar-refractivity contribution >= 4 is 5.91 Å². The molecule has 0 aromatic heterocycles. The summed E-state index contributed by atoms with van der Waals surface area (Å²) in [6, 6.07) is 0. The van der Waals surface area contributed by atoms with Crippen molar-refractivity contribution in [3.05, 3.63) is 0 Å². The van der Waals surface area contributed by atoms with Crippen LogP contribution in [-0.4, -0.2) is 36.1 Å². The van der Waals surface area contributed by atoms with Crippen LogP contribution in [0.15, 0.2) is 0 Å². The molecule has 0 aliphatic heterocycles. The predicted molar refractivity (Wildman–Crippen MR) is 55.9 cm³/mol. The molecule has 14 heavy (non-hydrogen) atoms. The van der Waals surface area contributed by atoms with Gasteiger partial charge in [-0.25, -0.2) is 0 Å². The summed E-state index contributed by atoms with van der Waals surface area (Å²) in [5.74, 6) is 1.03. The SMILES string of the molecule is CN(CCC1CCC1)C(=O)CCCO. The van der Waals surface area contributed by atoms with E-state index in [1.54, 1.807) is 4.90 Å². The highest BCUT2D eigenvalue weighted by molar-refractivity contribution is 5.75. The van der Waals surface area contributed by atoms with Gasteiger partial charge in [-0.15, -0.1) is 0 Å². The van der Waals surface area contributed by atoms with Crippen molar-refractivity contribution in [3.8, 4) is 0 Å². The van der Waals surface area contributed by atoms with E-state index in [9.17, 15) is 4.79 Å². The van der Waals surface area contributed by atoms with Crippen LogP contribution in [0, 0.1) is 5.92 Å². The number of rotatable bonds is 6. The van der Waals surface area contributed by atoms with Gasteiger partial charge in [0.15, 0.2) is 0 Å². The zero-order chi connectivity index (χ0) is 10.4. The molecule has 3 heteroatoms. The number of hydrogen-bond donors (Lipinski definition) is 1. The molecular weight excluding hydrogens is 178 g/mol. The van der Waals surface area contributed by atoms with Gasteiger partial charge in [0.1, 0.15) is 0 Å². The van der Waals surface area contributed by atoms with E-state index in [0.717, 1.165) is 18.9 Å². The van der Waals surface area contributed by atoms with Crippen LogP contribution in [0.4, 0.5) is 0 Å². The average molecular weight is 199 g/mol. The van der Waals surface area contributed by atoms with Crippen LogP contribution in [0.2, 0.25) is 0 Å². The van der Waals surface area contributed by atoms with Crippen LogP contribution in [0.5, 0.6) is 0 Å². The summed E-state index contributed by atoms with van der Waals surface area (Å²) in [6.07, 6.45) is 6.29. The summed E-state index contributed by atoms with van der Waals surface area (Å²) < 4.78 is 0. The predicted octanol–water partition coefficient (Wildman–Crippen LogP) is 1.41. The van der Waals surface area contributed by atoms with Gasteiger partial charge < -0.3 is 10.0 Å². The normalized spacial score (nSPS) is 16.4. The topological polar surface area (TPSA) is 40.5 Å². The molecule has 1 rings (SSSR count). The Balaban J connectivity index is 2.06. The summed E-state index contributed by atoms with van der Waals surface area (Å²) >= 11 is 0. The fourth-order valence-corrected chi connectivity index (χ4v) is 1.70. The number of carbonyl (C=O) groups excluding carboxylic acids is 1. The molecule has 1 aliphatic rings. The molecule has 0 aromatic carbocycles. The lowest BCUT2D eigenvalue weighted by Gasteiger charge is -2.27. The molecule has 0 bridgehead atoms. The summed E-state index contributed by atoms with van der Waals surface area (Å²) in [5.41, 5.74) is 0. The Morgan fingerprint density at radius 3 is 2.71 bits per heavy atom. The number of hydrogen-bond acceptors (Lipinski definition) is 2. The van der Waals surface area contributed by atoms with Crippen molar-refractivity contribution in [2.45, 2.75) is 38.5 Å². The third-order valence-corrected chi connectivity index (χ3v) is 3.07. The summed E-state index contributed by atoms with van der Waals surface area (Å²) in [6.45, 7) is 0.997. The maximum absolute atomic E-state index is 11.4. The summed E-state index contributed by atoms with van der Waals surface area (Å²) in [7, 11) is 1.86. The van der Waals surface area contributed by atoms with Crippen molar-refractivity contribution in [2.75, 3.05) is 20.2 Å². The minimum absolute atomic E-state index is 0.113. The van der Waals surface area contributed by atoms with Crippen LogP contribution in [0.1, 0.15) is 38.5 Å². The van der Waals surface area contributed by atoms with E-state index < -0.39 is 0 Å². The average Bonchev–Trinajstić information content (AvgIpc) is 2.11. The third-order valence-electron chi connectivity index (χ3n) is 3.07. The van der Waals surface area contributed by atoms with Crippen LogP contribution < -0.4 is 0 Å². The lowest BCUT2D eigenvalue weighted by atomic mass is 9.83. The minimum Gasteiger partial charge on any atom is -0.396 e. The second-order valence-corrected chi connectivity index (χ2v) is 4.23. The first-order valence-corrected chi connectivity index (χ1v) is 5.59. The van der Waals surface area contributed by atoms with Crippen molar-refractivity contribution in [3.63, 3.8) is 0 Å². The molecule has 1 saturated carbocycles. The molecule has 0 atom stereocenters. The Morgan fingerprint density at radius 2 is 2.21 bits per heavy atom. The van der Waals surface area contributed by atoms with Crippen molar-refractivity contribution in [1.29, 1.82) is 0 Å². The number of aliphatic hydroxyl groups is 1. The first-order chi connectivity index (χ1) is 6.74. The van der Waals surface area contributed by atoms with Crippen molar-refractivity contribution in [2.24, 2.45) is 5.92 Å². The number of nitrogens with zero attached hydrogens (tertiary/aromatic N) is 1. The largest absolute Gasteiger partial charge is 0.396 e. The van der Waals surface area contributed by atoms with Gasteiger partial charge in [0.05, 0.1) is 0 Å². The molecule has 3 nitrogen and oxygen atoms in total. The van der Waals surface area contributed by atoms with E-state index >= 15 is 0 Å². The van der Waals surface area contributed by atoms with E-state index in [2.05, 4.69) is 0 Å². The highest BCUT2D eigenvalue weighted by Crippen LogP contribution is 2.29. The van der Waals surface area contributed by atoms with Crippen molar-refractivity contribution < 1.29 is 9.90 Å².